The second-order valence-corrected chi connectivity index (χ2v) is 3.93. The lowest BCUT2D eigenvalue weighted by Gasteiger charge is -2.09. The maximum absolute atomic E-state index is 11.9. The smallest absolute Gasteiger partial charge is 0.259 e. The lowest BCUT2D eigenvalue weighted by atomic mass is 10.1. The first-order valence-electron chi connectivity index (χ1n) is 5.39. The Hall–Kier alpha value is -2.89. The minimum atomic E-state index is -0.613. The molecule has 0 aliphatic heterocycles. The van der Waals surface area contributed by atoms with Crippen LogP contribution in [0.1, 0.15) is 10.4 Å². The number of amides is 1. The fourth-order valence-electron chi connectivity index (χ4n) is 1.56. The van der Waals surface area contributed by atoms with Crippen LogP contribution in [0.4, 0.5) is 11.4 Å². The van der Waals surface area contributed by atoms with Gasteiger partial charge in [-0.1, -0.05) is 0 Å². The molecule has 0 atom stereocenters. The third-order valence-electron chi connectivity index (χ3n) is 2.50. The van der Waals surface area contributed by atoms with Crippen LogP contribution in [0.3, 0.4) is 0 Å². The fourth-order valence-corrected chi connectivity index (χ4v) is 1.56. The first-order chi connectivity index (χ1) is 8.97. The van der Waals surface area contributed by atoms with Crippen molar-refractivity contribution in [2.45, 2.75) is 0 Å². The number of hydrogen-bond acceptors (Lipinski definition) is 5. The van der Waals surface area contributed by atoms with E-state index in [0.717, 1.165) is 6.07 Å². The predicted octanol–water partition coefficient (Wildman–Crippen LogP) is 1.64. The largest absolute Gasteiger partial charge is 0.508 e. The van der Waals surface area contributed by atoms with Gasteiger partial charge in [0, 0.05) is 17.8 Å². The number of phenolic OH excluding ortho intramolecular Hbond substituents is 3. The molecule has 0 bridgehead atoms. The van der Waals surface area contributed by atoms with Gasteiger partial charge in [0.2, 0.25) is 0 Å². The highest BCUT2D eigenvalue weighted by molar-refractivity contribution is 6.07. The molecule has 0 saturated heterocycles. The van der Waals surface area contributed by atoms with Crippen molar-refractivity contribution in [2.75, 3.05) is 11.1 Å². The van der Waals surface area contributed by atoms with E-state index in [2.05, 4.69) is 5.32 Å². The van der Waals surface area contributed by atoms with Crippen LogP contribution in [-0.2, 0) is 0 Å². The number of phenols is 3. The Bertz CT molecular complexity index is 641. The van der Waals surface area contributed by atoms with Crippen LogP contribution in [0.25, 0.3) is 0 Å². The predicted molar refractivity (Wildman–Crippen MR) is 70.2 cm³/mol. The molecule has 6 nitrogen and oxygen atoms in total. The third-order valence-corrected chi connectivity index (χ3v) is 2.50. The quantitative estimate of drug-likeness (QED) is 0.416. The number of nitrogens with one attached hydrogen (secondary N) is 1. The van der Waals surface area contributed by atoms with Crippen molar-refractivity contribution in [3.8, 4) is 17.2 Å². The molecule has 6 N–H and O–H groups in total. The Kier molecular flexibility index (Phi) is 3.15. The summed E-state index contributed by atoms with van der Waals surface area (Å²) in [7, 11) is 0. The van der Waals surface area contributed by atoms with Gasteiger partial charge < -0.3 is 26.4 Å². The standard InChI is InChI=1S/C13H12N2O4/c14-7-1-4-10(12(18)5-7)15-13(19)9-3-2-8(16)6-11(9)17/h1-6,16-18H,14H2,(H,15,19). The van der Waals surface area contributed by atoms with Gasteiger partial charge in [-0.2, -0.15) is 0 Å². The Labute approximate surface area is 108 Å². The van der Waals surface area contributed by atoms with Gasteiger partial charge in [0.15, 0.2) is 0 Å². The van der Waals surface area contributed by atoms with E-state index in [9.17, 15) is 15.0 Å². The van der Waals surface area contributed by atoms with E-state index in [-0.39, 0.29) is 28.5 Å². The van der Waals surface area contributed by atoms with Crippen LogP contribution in [0.2, 0.25) is 0 Å². The Morgan fingerprint density at radius 2 is 1.74 bits per heavy atom. The molecule has 0 saturated carbocycles. The number of carbonyl (C=O) groups is 1. The topological polar surface area (TPSA) is 116 Å². The molecule has 19 heavy (non-hydrogen) atoms. The normalized spacial score (nSPS) is 10.1. The van der Waals surface area contributed by atoms with E-state index in [0.29, 0.717) is 5.69 Å². The second kappa shape index (κ2) is 4.77. The molecular formula is C13H12N2O4. The average Bonchev–Trinajstić information content (AvgIpc) is 2.32. The van der Waals surface area contributed by atoms with Gasteiger partial charge >= 0.3 is 0 Å². The third kappa shape index (κ3) is 2.68. The van der Waals surface area contributed by atoms with Crippen molar-refractivity contribution in [1.29, 1.82) is 0 Å². The van der Waals surface area contributed by atoms with Gasteiger partial charge in [0.05, 0.1) is 11.3 Å². The molecule has 98 valence electrons. The van der Waals surface area contributed by atoms with Gasteiger partial charge in [0.25, 0.3) is 5.91 Å². The number of nitrogen functional groups attached to an aromatic ring is 1. The van der Waals surface area contributed by atoms with Crippen molar-refractivity contribution in [3.05, 3.63) is 42.0 Å². The number of carbonyl (C=O) groups excluding carboxylic acids is 1. The van der Waals surface area contributed by atoms with Gasteiger partial charge in [-0.15, -0.1) is 0 Å². The summed E-state index contributed by atoms with van der Waals surface area (Å²) in [6, 6.07) is 7.86. The van der Waals surface area contributed by atoms with Gasteiger partial charge in [-0.05, 0) is 24.3 Å². The van der Waals surface area contributed by atoms with Gasteiger partial charge in [-0.3, -0.25) is 4.79 Å². The molecule has 0 fully saturated rings. The maximum Gasteiger partial charge on any atom is 0.259 e. The highest BCUT2D eigenvalue weighted by Gasteiger charge is 2.13. The zero-order valence-corrected chi connectivity index (χ0v) is 9.79. The molecule has 0 unspecified atom stereocenters. The molecule has 2 aromatic rings. The molecule has 0 heterocycles. The highest BCUT2D eigenvalue weighted by atomic mass is 16.3. The zero-order chi connectivity index (χ0) is 14.0. The molecule has 0 aromatic heterocycles. The fraction of sp³-hybridized carbons (Fsp3) is 0. The van der Waals surface area contributed by atoms with E-state index in [4.69, 9.17) is 10.8 Å². The lowest BCUT2D eigenvalue weighted by Crippen LogP contribution is -2.12. The molecule has 0 aliphatic rings. The number of hydrogen-bond donors (Lipinski definition) is 5. The summed E-state index contributed by atoms with van der Waals surface area (Å²) in [4.78, 5) is 11.9. The van der Waals surface area contributed by atoms with E-state index in [1.807, 2.05) is 0 Å². The summed E-state index contributed by atoms with van der Waals surface area (Å²) >= 11 is 0. The van der Waals surface area contributed by atoms with Crippen molar-refractivity contribution < 1.29 is 20.1 Å². The second-order valence-electron chi connectivity index (χ2n) is 3.93. The number of aromatic hydroxyl groups is 3. The molecule has 0 aliphatic carbocycles. The van der Waals surface area contributed by atoms with Gasteiger partial charge in [0.1, 0.15) is 17.2 Å². The summed E-state index contributed by atoms with van der Waals surface area (Å²) < 4.78 is 0. The zero-order valence-electron chi connectivity index (χ0n) is 9.79. The van der Waals surface area contributed by atoms with Crippen molar-refractivity contribution >= 4 is 17.3 Å². The van der Waals surface area contributed by atoms with E-state index in [1.54, 1.807) is 0 Å². The van der Waals surface area contributed by atoms with Crippen LogP contribution < -0.4 is 11.1 Å². The summed E-state index contributed by atoms with van der Waals surface area (Å²) in [6.45, 7) is 0. The summed E-state index contributed by atoms with van der Waals surface area (Å²) in [6.07, 6.45) is 0. The number of benzene rings is 2. The first-order valence-corrected chi connectivity index (χ1v) is 5.39. The van der Waals surface area contributed by atoms with Crippen LogP contribution in [0, 0.1) is 0 Å². The van der Waals surface area contributed by atoms with Crippen molar-refractivity contribution in [2.24, 2.45) is 0 Å². The molecule has 1 amide bonds. The van der Waals surface area contributed by atoms with Crippen LogP contribution in [0.15, 0.2) is 36.4 Å². The van der Waals surface area contributed by atoms with E-state index < -0.39 is 5.91 Å². The van der Waals surface area contributed by atoms with Crippen molar-refractivity contribution in [3.63, 3.8) is 0 Å². The van der Waals surface area contributed by atoms with Crippen LogP contribution >= 0.6 is 0 Å². The summed E-state index contributed by atoms with van der Waals surface area (Å²) in [5, 5.41) is 30.7. The Balaban J connectivity index is 2.25. The molecule has 0 radical (unpaired) electrons. The van der Waals surface area contributed by atoms with Crippen LogP contribution in [-0.4, -0.2) is 21.2 Å². The molecule has 6 heteroatoms. The SMILES string of the molecule is Nc1ccc(NC(=O)c2ccc(O)cc2O)c(O)c1. The molecule has 2 rings (SSSR count). The lowest BCUT2D eigenvalue weighted by molar-refractivity contribution is 0.102. The van der Waals surface area contributed by atoms with Crippen LogP contribution in [0.5, 0.6) is 17.2 Å². The molecular weight excluding hydrogens is 248 g/mol. The van der Waals surface area contributed by atoms with Crippen molar-refractivity contribution in [1.82, 2.24) is 0 Å². The van der Waals surface area contributed by atoms with E-state index >= 15 is 0 Å². The number of anilines is 2. The number of nitrogens with two attached hydrogens (primary N) is 1. The van der Waals surface area contributed by atoms with E-state index in [1.165, 1.54) is 30.3 Å². The monoisotopic (exact) mass is 260 g/mol. The highest BCUT2D eigenvalue weighted by Crippen LogP contribution is 2.28. The minimum absolute atomic E-state index is 0.0194. The molecule has 2 aromatic carbocycles. The summed E-state index contributed by atoms with van der Waals surface area (Å²) in [5.74, 6) is -1.29. The first kappa shape index (κ1) is 12.6. The number of rotatable bonds is 2. The minimum Gasteiger partial charge on any atom is -0.508 e. The van der Waals surface area contributed by atoms with Gasteiger partial charge in [-0.25, -0.2) is 0 Å². The summed E-state index contributed by atoms with van der Waals surface area (Å²) in [5.41, 5.74) is 5.99. The average molecular weight is 260 g/mol. The maximum atomic E-state index is 11.9. The Morgan fingerprint density at radius 1 is 1.00 bits per heavy atom. The Morgan fingerprint density at radius 3 is 2.37 bits per heavy atom. The molecule has 0 spiro atoms.